The second kappa shape index (κ2) is 9.46. The molecule has 166 valence electrons. The van der Waals surface area contributed by atoms with Gasteiger partial charge in [0.2, 0.25) is 5.15 Å². The van der Waals surface area contributed by atoms with Crippen molar-refractivity contribution < 1.29 is 24.0 Å². The Hall–Kier alpha value is -2.62. The largest absolute Gasteiger partial charge is 0.462 e. The monoisotopic (exact) mass is 442 g/mol. The van der Waals surface area contributed by atoms with Gasteiger partial charge in [0.1, 0.15) is 16.9 Å². The van der Waals surface area contributed by atoms with Crippen LogP contribution in [0.15, 0.2) is 6.20 Å². The third kappa shape index (κ3) is 5.71. The van der Waals surface area contributed by atoms with E-state index in [0.717, 1.165) is 6.20 Å². The molecule has 1 aliphatic heterocycles. The molecule has 0 aromatic carbocycles. The van der Waals surface area contributed by atoms with Crippen molar-refractivity contribution in [3.8, 4) is 0 Å². The van der Waals surface area contributed by atoms with Crippen LogP contribution in [0.5, 0.6) is 0 Å². The number of hydrogen-bond acceptors (Lipinski definition) is 8. The summed E-state index contributed by atoms with van der Waals surface area (Å²) < 4.78 is 10.4. The quantitative estimate of drug-likeness (QED) is 0.315. The number of rotatable bonds is 5. The number of nitrogens with one attached hydrogen (secondary N) is 1. The fraction of sp³-hybridized carbons (Fsp3) is 0.632. The third-order valence-corrected chi connectivity index (χ3v) is 4.85. The second-order valence-corrected chi connectivity index (χ2v) is 8.47. The number of anilines is 1. The maximum Gasteiger partial charge on any atom is 0.410 e. The van der Waals surface area contributed by atoms with E-state index in [-0.39, 0.29) is 35.0 Å². The number of ether oxygens (including phenoxy) is 2. The Labute approximate surface area is 180 Å². The number of pyridine rings is 1. The lowest BCUT2D eigenvalue weighted by molar-refractivity contribution is -0.384. The van der Waals surface area contributed by atoms with E-state index in [1.165, 1.54) is 0 Å². The number of piperidine rings is 1. The summed E-state index contributed by atoms with van der Waals surface area (Å²) in [6.07, 6.45) is 1.26. The second-order valence-electron chi connectivity index (χ2n) is 8.11. The lowest BCUT2D eigenvalue weighted by Crippen LogP contribution is -2.49. The zero-order valence-corrected chi connectivity index (χ0v) is 18.5. The van der Waals surface area contributed by atoms with Crippen LogP contribution in [0, 0.1) is 16.0 Å². The van der Waals surface area contributed by atoms with E-state index in [4.69, 9.17) is 21.1 Å². The molecule has 1 aliphatic rings. The number of carbonyl (C=O) groups is 2. The van der Waals surface area contributed by atoms with E-state index in [0.29, 0.717) is 19.5 Å². The molecule has 0 spiro atoms. The van der Waals surface area contributed by atoms with Crippen molar-refractivity contribution in [1.29, 1.82) is 0 Å². The number of amides is 1. The Bertz CT molecular complexity index is 826. The molecule has 0 unspecified atom stereocenters. The number of likely N-dealkylation sites (tertiary alicyclic amines) is 1. The van der Waals surface area contributed by atoms with Crippen molar-refractivity contribution in [2.75, 3.05) is 25.0 Å². The highest BCUT2D eigenvalue weighted by Gasteiger charge is 2.35. The molecule has 2 atom stereocenters. The summed E-state index contributed by atoms with van der Waals surface area (Å²) in [4.78, 5) is 40.9. The summed E-state index contributed by atoms with van der Waals surface area (Å²) >= 11 is 5.94. The van der Waals surface area contributed by atoms with Gasteiger partial charge in [-0.3, -0.25) is 10.1 Å². The fourth-order valence-electron chi connectivity index (χ4n) is 3.19. The standard InChI is InChI=1S/C19H27ClN4O6/c1-6-29-17(25)12-9-21-16(20)15(24(27)28)14(12)22-13-7-8-23(10-11(13)2)18(26)30-19(3,4)5/h9,11,13H,6-8,10H2,1-5H3,(H,21,22)/t11-,13+/m0/s1. The highest BCUT2D eigenvalue weighted by atomic mass is 35.5. The molecule has 1 N–H and O–H groups in total. The highest BCUT2D eigenvalue weighted by molar-refractivity contribution is 6.32. The molecule has 10 nitrogen and oxygen atoms in total. The van der Waals surface area contributed by atoms with Crippen LogP contribution in [0.1, 0.15) is 51.4 Å². The molecule has 30 heavy (non-hydrogen) atoms. The lowest BCUT2D eigenvalue weighted by Gasteiger charge is -2.38. The minimum Gasteiger partial charge on any atom is -0.462 e. The van der Waals surface area contributed by atoms with Gasteiger partial charge in [0.15, 0.2) is 0 Å². The molecule has 2 heterocycles. The van der Waals surface area contributed by atoms with E-state index in [1.807, 2.05) is 6.92 Å². The van der Waals surface area contributed by atoms with E-state index < -0.39 is 28.3 Å². The molecule has 0 bridgehead atoms. The first-order valence-electron chi connectivity index (χ1n) is 9.69. The minimum atomic E-state index is -0.730. The van der Waals surface area contributed by atoms with Gasteiger partial charge < -0.3 is 19.7 Å². The van der Waals surface area contributed by atoms with Crippen LogP contribution in [0.4, 0.5) is 16.2 Å². The Morgan fingerprint density at radius 1 is 1.43 bits per heavy atom. The van der Waals surface area contributed by atoms with E-state index in [2.05, 4.69) is 10.3 Å². The molecule has 1 fully saturated rings. The molecule has 1 saturated heterocycles. The van der Waals surface area contributed by atoms with Crippen LogP contribution < -0.4 is 5.32 Å². The normalized spacial score (nSPS) is 19.2. The third-order valence-electron chi connectivity index (χ3n) is 4.57. The molecule has 1 aromatic rings. The number of nitro groups is 1. The number of esters is 1. The van der Waals surface area contributed by atoms with Gasteiger partial charge in [-0.15, -0.1) is 0 Å². The van der Waals surface area contributed by atoms with Gasteiger partial charge in [-0.2, -0.15) is 0 Å². The van der Waals surface area contributed by atoms with E-state index in [9.17, 15) is 19.7 Å². The summed E-state index contributed by atoms with van der Waals surface area (Å²) in [6.45, 7) is 9.85. The van der Waals surface area contributed by atoms with Crippen LogP contribution in [-0.2, 0) is 9.47 Å². The maximum absolute atomic E-state index is 12.3. The highest BCUT2D eigenvalue weighted by Crippen LogP contribution is 2.36. The summed E-state index contributed by atoms with van der Waals surface area (Å²) in [5, 5.41) is 14.4. The first-order valence-corrected chi connectivity index (χ1v) is 10.1. The molecule has 11 heteroatoms. The topological polar surface area (TPSA) is 124 Å². The molecule has 1 amide bonds. The van der Waals surface area contributed by atoms with E-state index >= 15 is 0 Å². The van der Waals surface area contributed by atoms with Gasteiger partial charge in [-0.1, -0.05) is 18.5 Å². The van der Waals surface area contributed by atoms with Crippen molar-refractivity contribution in [3.63, 3.8) is 0 Å². The van der Waals surface area contributed by atoms with Gasteiger partial charge in [-0.05, 0) is 40.0 Å². The van der Waals surface area contributed by atoms with Crippen LogP contribution >= 0.6 is 11.6 Å². The molecule has 0 radical (unpaired) electrons. The molecule has 2 rings (SSSR count). The SMILES string of the molecule is CCOC(=O)c1cnc(Cl)c([N+](=O)[O-])c1N[C@@H]1CCN(C(=O)OC(C)(C)C)C[C@@H]1C. The number of halogens is 1. The molecular weight excluding hydrogens is 416 g/mol. The number of aromatic nitrogens is 1. The van der Waals surface area contributed by atoms with Crippen LogP contribution in [-0.4, -0.2) is 58.2 Å². The Kier molecular flexibility index (Phi) is 7.46. The fourth-order valence-corrected chi connectivity index (χ4v) is 3.40. The van der Waals surface area contributed by atoms with Crippen LogP contribution in [0.2, 0.25) is 5.15 Å². The maximum atomic E-state index is 12.3. The van der Waals surface area contributed by atoms with E-state index in [1.54, 1.807) is 32.6 Å². The zero-order chi connectivity index (χ0) is 22.6. The first-order chi connectivity index (χ1) is 13.9. The summed E-state index contributed by atoms with van der Waals surface area (Å²) in [5.41, 5.74) is -1.17. The predicted octanol–water partition coefficient (Wildman–Crippen LogP) is 3.88. The van der Waals surface area contributed by atoms with Gasteiger partial charge in [0.05, 0.1) is 11.5 Å². The van der Waals surface area contributed by atoms with Gasteiger partial charge >= 0.3 is 17.7 Å². The lowest BCUT2D eigenvalue weighted by atomic mass is 9.93. The van der Waals surface area contributed by atoms with Gasteiger partial charge in [-0.25, -0.2) is 14.6 Å². The Morgan fingerprint density at radius 2 is 2.10 bits per heavy atom. The van der Waals surface area contributed by atoms with Crippen molar-refractivity contribution in [2.24, 2.45) is 5.92 Å². The number of nitrogens with zero attached hydrogens (tertiary/aromatic N) is 3. The smallest absolute Gasteiger partial charge is 0.410 e. The minimum absolute atomic E-state index is 0.0268. The summed E-state index contributed by atoms with van der Waals surface area (Å²) in [5.74, 6) is -0.807. The van der Waals surface area contributed by atoms with Crippen molar-refractivity contribution in [1.82, 2.24) is 9.88 Å². The van der Waals surface area contributed by atoms with Crippen LogP contribution in [0.25, 0.3) is 0 Å². The average Bonchev–Trinajstić information content (AvgIpc) is 2.61. The zero-order valence-electron chi connectivity index (χ0n) is 17.7. The Balaban J connectivity index is 2.25. The Morgan fingerprint density at radius 3 is 2.63 bits per heavy atom. The molecule has 1 aromatic heterocycles. The predicted molar refractivity (Wildman–Crippen MR) is 111 cm³/mol. The first kappa shape index (κ1) is 23.7. The van der Waals surface area contributed by atoms with Gasteiger partial charge in [0, 0.05) is 25.3 Å². The van der Waals surface area contributed by atoms with Crippen molar-refractivity contribution in [2.45, 2.75) is 52.7 Å². The number of hydrogen-bond donors (Lipinski definition) is 1. The van der Waals surface area contributed by atoms with Crippen molar-refractivity contribution >= 4 is 35.0 Å². The summed E-state index contributed by atoms with van der Waals surface area (Å²) in [7, 11) is 0. The van der Waals surface area contributed by atoms with Gasteiger partial charge in [0.25, 0.3) is 0 Å². The van der Waals surface area contributed by atoms with Crippen molar-refractivity contribution in [3.05, 3.63) is 27.0 Å². The van der Waals surface area contributed by atoms with Crippen LogP contribution in [0.3, 0.4) is 0 Å². The summed E-state index contributed by atoms with van der Waals surface area (Å²) in [6, 6.07) is -0.242. The molecule has 0 saturated carbocycles. The number of carbonyl (C=O) groups excluding carboxylic acids is 2. The average molecular weight is 443 g/mol. The molecule has 0 aliphatic carbocycles. The molecular formula is C19H27ClN4O6.